The van der Waals surface area contributed by atoms with Gasteiger partial charge >= 0.3 is 6.03 Å². The molecule has 0 atom stereocenters. The zero-order chi connectivity index (χ0) is 17.5. The van der Waals surface area contributed by atoms with Crippen LogP contribution >= 0.6 is 0 Å². The summed E-state index contributed by atoms with van der Waals surface area (Å²) >= 11 is 0. The molecule has 3 N–H and O–H groups in total. The molecule has 7 nitrogen and oxygen atoms in total. The van der Waals surface area contributed by atoms with Gasteiger partial charge in [-0.2, -0.15) is 0 Å². The van der Waals surface area contributed by atoms with Gasteiger partial charge in [0, 0.05) is 30.5 Å². The maximum absolute atomic E-state index is 12.2. The molecule has 25 heavy (non-hydrogen) atoms. The molecule has 1 aromatic carbocycles. The average molecular weight is 343 g/mol. The number of amides is 3. The molecule has 0 spiro atoms. The second kappa shape index (κ2) is 8.34. The fourth-order valence-electron chi connectivity index (χ4n) is 2.60. The summed E-state index contributed by atoms with van der Waals surface area (Å²) in [6.45, 7) is 1.58. The van der Waals surface area contributed by atoms with Crippen LogP contribution in [0, 0.1) is 5.92 Å². The standard InChI is InChI=1S/C18H21N3O4/c22-17(13-7-10-24-11-8-13)20-14-3-5-15(6-4-14)21-18(23)19-12-16-2-1-9-25-16/h1-6,9,13H,7-8,10-12H2,(H,20,22)(H2,19,21,23). The third-order valence-electron chi connectivity index (χ3n) is 4.01. The largest absolute Gasteiger partial charge is 0.467 e. The summed E-state index contributed by atoms with van der Waals surface area (Å²) in [5.74, 6) is 0.695. The van der Waals surface area contributed by atoms with E-state index in [0.29, 0.717) is 36.9 Å². The first-order chi connectivity index (χ1) is 12.2. The summed E-state index contributed by atoms with van der Waals surface area (Å²) < 4.78 is 10.4. The molecular formula is C18H21N3O4. The smallest absolute Gasteiger partial charge is 0.319 e. The number of carbonyl (C=O) groups is 2. The van der Waals surface area contributed by atoms with Gasteiger partial charge in [-0.1, -0.05) is 0 Å². The van der Waals surface area contributed by atoms with Crippen molar-refractivity contribution < 1.29 is 18.7 Å². The Kier molecular flexibility index (Phi) is 5.69. The highest BCUT2D eigenvalue weighted by atomic mass is 16.5. The van der Waals surface area contributed by atoms with E-state index >= 15 is 0 Å². The van der Waals surface area contributed by atoms with Crippen molar-refractivity contribution in [2.24, 2.45) is 5.92 Å². The van der Waals surface area contributed by atoms with E-state index in [1.165, 1.54) is 0 Å². The molecule has 1 aliphatic heterocycles. The molecule has 2 aromatic rings. The summed E-state index contributed by atoms with van der Waals surface area (Å²) in [6.07, 6.45) is 3.06. The number of benzene rings is 1. The van der Waals surface area contributed by atoms with Crippen LogP contribution in [0.3, 0.4) is 0 Å². The van der Waals surface area contributed by atoms with Crippen LogP contribution in [0.5, 0.6) is 0 Å². The van der Waals surface area contributed by atoms with Gasteiger partial charge in [0.05, 0.1) is 12.8 Å². The van der Waals surface area contributed by atoms with Crippen LogP contribution in [0.25, 0.3) is 0 Å². The molecular weight excluding hydrogens is 322 g/mol. The van der Waals surface area contributed by atoms with Gasteiger partial charge in [-0.3, -0.25) is 4.79 Å². The number of anilines is 2. The van der Waals surface area contributed by atoms with E-state index in [-0.39, 0.29) is 17.9 Å². The Morgan fingerprint density at radius 2 is 1.68 bits per heavy atom. The Labute approximate surface area is 145 Å². The lowest BCUT2D eigenvalue weighted by molar-refractivity contribution is -0.122. The van der Waals surface area contributed by atoms with E-state index < -0.39 is 0 Å². The summed E-state index contributed by atoms with van der Waals surface area (Å²) in [5.41, 5.74) is 1.35. The fourth-order valence-corrected chi connectivity index (χ4v) is 2.60. The van der Waals surface area contributed by atoms with Crippen molar-refractivity contribution in [2.45, 2.75) is 19.4 Å². The maximum Gasteiger partial charge on any atom is 0.319 e. The molecule has 3 amide bonds. The molecule has 7 heteroatoms. The normalized spacial score (nSPS) is 14.7. The zero-order valence-electron chi connectivity index (χ0n) is 13.8. The molecule has 0 bridgehead atoms. The SMILES string of the molecule is O=C(NCc1ccco1)Nc1ccc(NC(=O)C2CCOCC2)cc1. The molecule has 0 aliphatic carbocycles. The molecule has 2 heterocycles. The first kappa shape index (κ1) is 17.0. The minimum atomic E-state index is -0.324. The Bertz CT molecular complexity index is 692. The lowest BCUT2D eigenvalue weighted by Crippen LogP contribution is -2.28. The van der Waals surface area contributed by atoms with E-state index in [0.717, 1.165) is 12.8 Å². The molecule has 0 unspecified atom stereocenters. The van der Waals surface area contributed by atoms with Gasteiger partial charge in [-0.05, 0) is 49.2 Å². The number of furan rings is 1. The second-order valence-electron chi connectivity index (χ2n) is 5.84. The molecule has 132 valence electrons. The van der Waals surface area contributed by atoms with Crippen LogP contribution < -0.4 is 16.0 Å². The molecule has 1 saturated heterocycles. The Hall–Kier alpha value is -2.80. The predicted molar refractivity (Wildman–Crippen MR) is 93.2 cm³/mol. The van der Waals surface area contributed by atoms with Crippen molar-refractivity contribution in [1.29, 1.82) is 0 Å². The Morgan fingerprint density at radius 3 is 2.32 bits per heavy atom. The highest BCUT2D eigenvalue weighted by Gasteiger charge is 2.21. The van der Waals surface area contributed by atoms with Crippen molar-refractivity contribution in [3.63, 3.8) is 0 Å². The Balaban J connectivity index is 1.46. The van der Waals surface area contributed by atoms with E-state index in [2.05, 4.69) is 16.0 Å². The predicted octanol–water partition coefficient (Wildman–Crippen LogP) is 2.97. The number of ether oxygens (including phenoxy) is 1. The molecule has 1 fully saturated rings. The highest BCUT2D eigenvalue weighted by Crippen LogP contribution is 2.19. The number of carbonyl (C=O) groups excluding carboxylic acids is 2. The first-order valence-electron chi connectivity index (χ1n) is 8.26. The van der Waals surface area contributed by atoms with Crippen LogP contribution in [0.4, 0.5) is 16.2 Å². The van der Waals surface area contributed by atoms with Crippen molar-refractivity contribution in [2.75, 3.05) is 23.8 Å². The lowest BCUT2D eigenvalue weighted by atomic mass is 9.99. The summed E-state index contributed by atoms with van der Waals surface area (Å²) in [7, 11) is 0. The monoisotopic (exact) mass is 343 g/mol. The quantitative estimate of drug-likeness (QED) is 0.778. The fraction of sp³-hybridized carbons (Fsp3) is 0.333. The number of rotatable bonds is 5. The van der Waals surface area contributed by atoms with E-state index in [9.17, 15) is 9.59 Å². The topological polar surface area (TPSA) is 92.6 Å². The van der Waals surface area contributed by atoms with Crippen molar-refractivity contribution in [3.05, 3.63) is 48.4 Å². The van der Waals surface area contributed by atoms with Gasteiger partial charge in [-0.15, -0.1) is 0 Å². The van der Waals surface area contributed by atoms with E-state index in [1.807, 2.05) is 0 Å². The zero-order valence-corrected chi connectivity index (χ0v) is 13.8. The van der Waals surface area contributed by atoms with E-state index in [1.54, 1.807) is 42.7 Å². The number of urea groups is 1. The lowest BCUT2D eigenvalue weighted by Gasteiger charge is -2.21. The molecule has 0 radical (unpaired) electrons. The first-order valence-corrected chi connectivity index (χ1v) is 8.26. The minimum Gasteiger partial charge on any atom is -0.467 e. The highest BCUT2D eigenvalue weighted by molar-refractivity contribution is 5.93. The second-order valence-corrected chi connectivity index (χ2v) is 5.84. The Morgan fingerprint density at radius 1 is 1.00 bits per heavy atom. The van der Waals surface area contributed by atoms with Crippen LogP contribution in [0.1, 0.15) is 18.6 Å². The third-order valence-corrected chi connectivity index (χ3v) is 4.01. The van der Waals surface area contributed by atoms with Gasteiger partial charge in [-0.25, -0.2) is 4.79 Å². The van der Waals surface area contributed by atoms with Gasteiger partial charge < -0.3 is 25.1 Å². The summed E-state index contributed by atoms with van der Waals surface area (Å²) in [4.78, 5) is 24.0. The van der Waals surface area contributed by atoms with Crippen molar-refractivity contribution in [3.8, 4) is 0 Å². The molecule has 3 rings (SSSR count). The van der Waals surface area contributed by atoms with Crippen LogP contribution in [0.15, 0.2) is 47.1 Å². The van der Waals surface area contributed by atoms with Crippen LogP contribution in [0.2, 0.25) is 0 Å². The van der Waals surface area contributed by atoms with Crippen LogP contribution in [-0.4, -0.2) is 25.2 Å². The summed E-state index contributed by atoms with van der Waals surface area (Å²) in [6, 6.07) is 10.2. The van der Waals surface area contributed by atoms with Gasteiger partial charge in [0.2, 0.25) is 5.91 Å². The van der Waals surface area contributed by atoms with Gasteiger partial charge in [0.25, 0.3) is 0 Å². The van der Waals surface area contributed by atoms with Crippen molar-refractivity contribution in [1.82, 2.24) is 5.32 Å². The summed E-state index contributed by atoms with van der Waals surface area (Å²) in [5, 5.41) is 8.33. The average Bonchev–Trinajstić information content (AvgIpc) is 3.16. The minimum absolute atomic E-state index is 0.000991. The third kappa shape index (κ3) is 5.09. The van der Waals surface area contributed by atoms with E-state index in [4.69, 9.17) is 9.15 Å². The number of hydrogen-bond donors (Lipinski definition) is 3. The number of nitrogens with one attached hydrogen (secondary N) is 3. The van der Waals surface area contributed by atoms with Gasteiger partial charge in [0.15, 0.2) is 0 Å². The number of hydrogen-bond acceptors (Lipinski definition) is 4. The van der Waals surface area contributed by atoms with Crippen LogP contribution in [-0.2, 0) is 16.1 Å². The molecule has 1 aliphatic rings. The van der Waals surface area contributed by atoms with Gasteiger partial charge in [0.1, 0.15) is 5.76 Å². The van der Waals surface area contributed by atoms with Crippen molar-refractivity contribution >= 4 is 23.3 Å². The maximum atomic E-state index is 12.2. The molecule has 1 aromatic heterocycles. The molecule has 0 saturated carbocycles.